The van der Waals surface area contributed by atoms with Crippen molar-refractivity contribution in [1.82, 2.24) is 10.2 Å². The highest BCUT2D eigenvalue weighted by atomic mass is 35.5. The fraction of sp³-hybridized carbons (Fsp3) is 0.333. The molecule has 0 aliphatic rings. The Kier molecular flexibility index (Phi) is 10.2. The number of amides is 2. The maximum absolute atomic E-state index is 14.1. The first-order valence-corrected chi connectivity index (χ1v) is 14.8. The molecule has 0 unspecified atom stereocenters. The molecule has 3 aromatic rings. The van der Waals surface area contributed by atoms with E-state index in [4.69, 9.17) is 11.6 Å². The maximum Gasteiger partial charge on any atom is 0.264 e. The Balaban J connectivity index is 2.11. The molecule has 0 fully saturated rings. The van der Waals surface area contributed by atoms with Crippen LogP contribution in [0.3, 0.4) is 0 Å². The predicted octanol–water partition coefficient (Wildman–Crippen LogP) is 5.48. The lowest BCUT2D eigenvalue weighted by atomic mass is 10.1. The molecule has 0 saturated carbocycles. The molecule has 1 N–H and O–H groups in total. The van der Waals surface area contributed by atoms with Crippen molar-refractivity contribution in [2.75, 3.05) is 10.8 Å². The third-order valence-electron chi connectivity index (χ3n) is 6.36. The second-order valence-electron chi connectivity index (χ2n) is 9.82. The SMILES string of the molecule is CC[C@H](C(=O)NC(C)C)N(Cc1ccccc1Cl)C(=O)CN(c1cc(C)ccc1C)S(=O)(=O)c1ccccc1. The van der Waals surface area contributed by atoms with E-state index in [1.54, 1.807) is 55.5 Å². The number of carbonyl (C=O) groups excluding carboxylic acids is 2. The average molecular weight is 570 g/mol. The molecule has 0 heterocycles. The number of nitrogens with one attached hydrogen (secondary N) is 1. The Hall–Kier alpha value is -3.36. The van der Waals surface area contributed by atoms with Crippen LogP contribution >= 0.6 is 11.6 Å². The molecule has 7 nitrogen and oxygen atoms in total. The quantitative estimate of drug-likeness (QED) is 0.331. The fourth-order valence-electron chi connectivity index (χ4n) is 4.33. The van der Waals surface area contributed by atoms with E-state index in [1.807, 2.05) is 39.8 Å². The minimum atomic E-state index is -4.12. The largest absolute Gasteiger partial charge is 0.352 e. The third kappa shape index (κ3) is 7.40. The van der Waals surface area contributed by atoms with Gasteiger partial charge in [0.1, 0.15) is 12.6 Å². The summed E-state index contributed by atoms with van der Waals surface area (Å²) in [5, 5.41) is 3.35. The topological polar surface area (TPSA) is 86.8 Å². The van der Waals surface area contributed by atoms with Gasteiger partial charge in [-0.2, -0.15) is 0 Å². The van der Waals surface area contributed by atoms with Gasteiger partial charge >= 0.3 is 0 Å². The van der Waals surface area contributed by atoms with Crippen LogP contribution in [-0.4, -0.2) is 43.8 Å². The van der Waals surface area contributed by atoms with Gasteiger partial charge in [-0.05, 0) is 75.1 Å². The van der Waals surface area contributed by atoms with Gasteiger partial charge in [0.05, 0.1) is 10.6 Å². The van der Waals surface area contributed by atoms with Gasteiger partial charge in [-0.3, -0.25) is 13.9 Å². The highest BCUT2D eigenvalue weighted by Gasteiger charge is 2.34. The summed E-state index contributed by atoms with van der Waals surface area (Å²) >= 11 is 6.43. The maximum atomic E-state index is 14.1. The van der Waals surface area contributed by atoms with Crippen molar-refractivity contribution < 1.29 is 18.0 Å². The van der Waals surface area contributed by atoms with Crippen molar-refractivity contribution in [3.05, 3.63) is 94.5 Å². The first kappa shape index (κ1) is 30.2. The molecule has 0 aromatic heterocycles. The van der Waals surface area contributed by atoms with Crippen molar-refractivity contribution in [2.24, 2.45) is 0 Å². The van der Waals surface area contributed by atoms with Crippen LogP contribution in [0.15, 0.2) is 77.7 Å². The number of halogens is 1. The lowest BCUT2D eigenvalue weighted by Gasteiger charge is -2.34. The van der Waals surface area contributed by atoms with Crippen LogP contribution in [0.4, 0.5) is 5.69 Å². The van der Waals surface area contributed by atoms with Gasteiger partial charge in [0.2, 0.25) is 11.8 Å². The van der Waals surface area contributed by atoms with Crippen LogP contribution in [0.25, 0.3) is 0 Å². The molecule has 39 heavy (non-hydrogen) atoms. The summed E-state index contributed by atoms with van der Waals surface area (Å²) in [5.41, 5.74) is 2.62. The number of hydrogen-bond acceptors (Lipinski definition) is 4. The molecule has 2 amide bonds. The molecule has 0 aliphatic carbocycles. The van der Waals surface area contributed by atoms with Gasteiger partial charge in [-0.1, -0.05) is 67.1 Å². The highest BCUT2D eigenvalue weighted by Crippen LogP contribution is 2.29. The average Bonchev–Trinajstić information content (AvgIpc) is 2.89. The number of anilines is 1. The van der Waals surface area contributed by atoms with Crippen LogP contribution in [0.2, 0.25) is 5.02 Å². The second kappa shape index (κ2) is 13.1. The van der Waals surface area contributed by atoms with Gasteiger partial charge in [0.15, 0.2) is 0 Å². The highest BCUT2D eigenvalue weighted by molar-refractivity contribution is 7.92. The Bertz CT molecular complexity index is 1410. The van der Waals surface area contributed by atoms with Gasteiger partial charge < -0.3 is 10.2 Å². The summed E-state index contributed by atoms with van der Waals surface area (Å²) in [6.07, 6.45) is 0.337. The number of hydrogen-bond donors (Lipinski definition) is 1. The lowest BCUT2D eigenvalue weighted by Crippen LogP contribution is -2.53. The zero-order chi connectivity index (χ0) is 28.7. The molecule has 0 bridgehead atoms. The molecule has 9 heteroatoms. The summed E-state index contributed by atoms with van der Waals surface area (Å²) in [5.74, 6) is -0.821. The molecule has 0 saturated heterocycles. The van der Waals surface area contributed by atoms with Gasteiger partial charge in [0.25, 0.3) is 10.0 Å². The zero-order valence-electron chi connectivity index (χ0n) is 23.0. The summed E-state index contributed by atoms with van der Waals surface area (Å²) < 4.78 is 29.0. The van der Waals surface area contributed by atoms with Crippen molar-refractivity contribution in [2.45, 2.75) is 64.6 Å². The second-order valence-corrected chi connectivity index (χ2v) is 12.1. The normalized spacial score (nSPS) is 12.2. The van der Waals surface area contributed by atoms with E-state index >= 15 is 0 Å². The molecular weight excluding hydrogens is 534 g/mol. The van der Waals surface area contributed by atoms with Crippen LogP contribution in [0, 0.1) is 13.8 Å². The van der Waals surface area contributed by atoms with Crippen molar-refractivity contribution >= 4 is 39.1 Å². The van der Waals surface area contributed by atoms with Gasteiger partial charge in [0, 0.05) is 17.6 Å². The minimum Gasteiger partial charge on any atom is -0.352 e. The minimum absolute atomic E-state index is 0.0502. The summed E-state index contributed by atoms with van der Waals surface area (Å²) in [6, 6.07) is 19.6. The molecule has 3 rings (SSSR count). The smallest absolute Gasteiger partial charge is 0.264 e. The van der Waals surface area contributed by atoms with E-state index in [-0.39, 0.29) is 23.4 Å². The van der Waals surface area contributed by atoms with E-state index in [0.29, 0.717) is 28.3 Å². The van der Waals surface area contributed by atoms with Gasteiger partial charge in [-0.25, -0.2) is 8.42 Å². The molecule has 3 aromatic carbocycles. The molecular formula is C30H36ClN3O4S. The summed E-state index contributed by atoms with van der Waals surface area (Å²) in [6.45, 7) is 8.75. The zero-order valence-corrected chi connectivity index (χ0v) is 24.6. The Morgan fingerprint density at radius 3 is 2.21 bits per heavy atom. The number of nitrogens with zero attached hydrogens (tertiary/aromatic N) is 2. The van der Waals surface area contributed by atoms with Crippen molar-refractivity contribution in [3.63, 3.8) is 0 Å². The molecule has 1 atom stereocenters. The van der Waals surface area contributed by atoms with Crippen LogP contribution in [0.5, 0.6) is 0 Å². The predicted molar refractivity (Wildman–Crippen MR) is 156 cm³/mol. The Labute approximate surface area is 236 Å². The first-order chi connectivity index (χ1) is 18.4. The fourth-order valence-corrected chi connectivity index (χ4v) is 6.02. The Morgan fingerprint density at radius 1 is 0.949 bits per heavy atom. The third-order valence-corrected chi connectivity index (χ3v) is 8.50. The van der Waals surface area contributed by atoms with Crippen LogP contribution < -0.4 is 9.62 Å². The summed E-state index contributed by atoms with van der Waals surface area (Å²) in [4.78, 5) is 28.8. The van der Waals surface area contributed by atoms with E-state index in [2.05, 4.69) is 5.32 Å². The number of rotatable bonds is 11. The molecule has 0 aliphatic heterocycles. The van der Waals surface area contributed by atoms with Crippen LogP contribution in [0.1, 0.15) is 43.9 Å². The Morgan fingerprint density at radius 2 is 1.59 bits per heavy atom. The molecule has 0 radical (unpaired) electrons. The van der Waals surface area contributed by atoms with Gasteiger partial charge in [-0.15, -0.1) is 0 Å². The standard InChI is InChI=1S/C30H36ClN3O4S/c1-6-27(30(36)32-21(2)3)33(19-24-12-10-11-15-26(24)31)29(35)20-34(28-18-22(4)16-17-23(28)5)39(37,38)25-13-8-7-9-14-25/h7-18,21,27H,6,19-20H2,1-5H3,(H,32,36)/t27-/m1/s1. The first-order valence-electron chi connectivity index (χ1n) is 12.9. The number of carbonyl (C=O) groups is 2. The number of sulfonamides is 1. The molecule has 0 spiro atoms. The van der Waals surface area contributed by atoms with E-state index in [9.17, 15) is 18.0 Å². The van der Waals surface area contributed by atoms with Crippen molar-refractivity contribution in [3.8, 4) is 0 Å². The monoisotopic (exact) mass is 569 g/mol. The van der Waals surface area contributed by atoms with Crippen LogP contribution in [-0.2, 0) is 26.2 Å². The van der Waals surface area contributed by atoms with E-state index in [0.717, 1.165) is 9.87 Å². The molecule has 208 valence electrons. The summed E-state index contributed by atoms with van der Waals surface area (Å²) in [7, 11) is -4.12. The van der Waals surface area contributed by atoms with Crippen molar-refractivity contribution in [1.29, 1.82) is 0 Å². The van der Waals surface area contributed by atoms with E-state index < -0.39 is 28.5 Å². The van der Waals surface area contributed by atoms with E-state index in [1.165, 1.54) is 17.0 Å². The number of benzene rings is 3. The number of aryl methyl sites for hydroxylation is 2. The lowest BCUT2D eigenvalue weighted by molar-refractivity contribution is -0.140.